The van der Waals surface area contributed by atoms with E-state index in [-0.39, 0.29) is 5.91 Å². The van der Waals surface area contributed by atoms with E-state index in [1.54, 1.807) is 0 Å². The molecule has 0 unspecified atom stereocenters. The van der Waals surface area contributed by atoms with Crippen molar-refractivity contribution in [2.24, 2.45) is 5.10 Å². The zero-order chi connectivity index (χ0) is 19.1. The highest BCUT2D eigenvalue weighted by molar-refractivity contribution is 6.00. The molecule has 0 fully saturated rings. The number of anilines is 1. The molecule has 0 bridgehead atoms. The summed E-state index contributed by atoms with van der Waals surface area (Å²) in [5.41, 5.74) is 8.33. The van der Waals surface area contributed by atoms with Crippen LogP contribution in [0.4, 0.5) is 5.69 Å². The van der Waals surface area contributed by atoms with Crippen molar-refractivity contribution >= 4 is 17.3 Å². The smallest absolute Gasteiger partial charge is 0.271 e. The summed E-state index contributed by atoms with van der Waals surface area (Å²) in [6.45, 7) is 4.62. The molecule has 3 aromatic carbocycles. The van der Waals surface area contributed by atoms with Gasteiger partial charge in [0, 0.05) is 17.8 Å². The van der Waals surface area contributed by atoms with E-state index in [0.717, 1.165) is 22.5 Å². The van der Waals surface area contributed by atoms with Crippen molar-refractivity contribution in [3.8, 4) is 0 Å². The fourth-order valence-corrected chi connectivity index (χ4v) is 2.59. The van der Waals surface area contributed by atoms with Gasteiger partial charge < -0.3 is 5.32 Å². The van der Waals surface area contributed by atoms with Gasteiger partial charge in [0.15, 0.2) is 0 Å². The predicted octanol–water partition coefficient (Wildman–Crippen LogP) is 4.76. The molecule has 3 aromatic rings. The molecule has 27 heavy (non-hydrogen) atoms. The van der Waals surface area contributed by atoms with Crippen molar-refractivity contribution in [2.45, 2.75) is 20.4 Å². The van der Waals surface area contributed by atoms with Gasteiger partial charge in [-0.05, 0) is 49.2 Å². The van der Waals surface area contributed by atoms with Gasteiger partial charge in [-0.15, -0.1) is 0 Å². The molecule has 0 aliphatic heterocycles. The van der Waals surface area contributed by atoms with Crippen molar-refractivity contribution in [3.05, 3.63) is 101 Å². The minimum absolute atomic E-state index is 0.218. The Bertz CT molecular complexity index is 914. The zero-order valence-electron chi connectivity index (χ0n) is 15.6. The van der Waals surface area contributed by atoms with Crippen LogP contribution in [-0.4, -0.2) is 11.6 Å². The summed E-state index contributed by atoms with van der Waals surface area (Å²) in [4.78, 5) is 12.3. The highest BCUT2D eigenvalue weighted by Crippen LogP contribution is 2.10. The molecule has 4 nitrogen and oxygen atoms in total. The maximum absolute atomic E-state index is 12.3. The number of benzene rings is 3. The molecule has 3 rings (SSSR count). The Labute approximate surface area is 159 Å². The molecule has 0 radical (unpaired) electrons. The fraction of sp³-hybridized carbons (Fsp3) is 0.130. The molecular formula is C23H23N3O. The first-order valence-corrected chi connectivity index (χ1v) is 8.91. The van der Waals surface area contributed by atoms with E-state index in [9.17, 15) is 4.79 Å². The molecule has 136 valence electrons. The van der Waals surface area contributed by atoms with Crippen molar-refractivity contribution < 1.29 is 4.79 Å². The summed E-state index contributed by atoms with van der Waals surface area (Å²) < 4.78 is 0. The second-order valence-electron chi connectivity index (χ2n) is 6.42. The monoisotopic (exact) mass is 357 g/mol. The van der Waals surface area contributed by atoms with Crippen molar-refractivity contribution in [2.75, 3.05) is 5.32 Å². The van der Waals surface area contributed by atoms with Gasteiger partial charge in [-0.25, -0.2) is 5.43 Å². The molecule has 0 aliphatic carbocycles. The third-order valence-electron chi connectivity index (χ3n) is 4.28. The highest BCUT2D eigenvalue weighted by atomic mass is 16.2. The maximum atomic E-state index is 12.3. The number of nitrogens with zero attached hydrogens (tertiary/aromatic N) is 1. The number of hydrazone groups is 1. The van der Waals surface area contributed by atoms with Crippen LogP contribution in [0, 0.1) is 6.92 Å². The average molecular weight is 357 g/mol. The number of nitrogens with one attached hydrogen (secondary N) is 2. The first-order valence-electron chi connectivity index (χ1n) is 8.91. The van der Waals surface area contributed by atoms with Gasteiger partial charge in [0.2, 0.25) is 0 Å². The van der Waals surface area contributed by atoms with Crippen LogP contribution in [0.5, 0.6) is 0 Å². The van der Waals surface area contributed by atoms with Gasteiger partial charge in [-0.3, -0.25) is 4.79 Å². The number of aryl methyl sites for hydroxylation is 1. The van der Waals surface area contributed by atoms with Crippen LogP contribution < -0.4 is 10.7 Å². The van der Waals surface area contributed by atoms with Gasteiger partial charge in [-0.2, -0.15) is 5.10 Å². The van der Waals surface area contributed by atoms with E-state index in [2.05, 4.69) is 15.8 Å². The third-order valence-corrected chi connectivity index (χ3v) is 4.28. The van der Waals surface area contributed by atoms with E-state index in [4.69, 9.17) is 0 Å². The quantitative estimate of drug-likeness (QED) is 0.493. The number of rotatable bonds is 6. The fourth-order valence-electron chi connectivity index (χ4n) is 2.59. The molecule has 0 saturated heterocycles. The molecule has 0 saturated carbocycles. The molecular weight excluding hydrogens is 334 g/mol. The van der Waals surface area contributed by atoms with Crippen LogP contribution in [0.25, 0.3) is 0 Å². The molecule has 0 heterocycles. The molecule has 0 atom stereocenters. The minimum atomic E-state index is -0.218. The number of carbonyl (C=O) groups excluding carboxylic acids is 1. The van der Waals surface area contributed by atoms with Crippen LogP contribution in [0.15, 0.2) is 84.0 Å². The standard InChI is InChI=1S/C23H23N3O/c1-17-8-12-20(13-9-17)18(2)25-26-23(27)21-14-10-19(11-15-21)16-24-22-6-4-3-5-7-22/h3-15,24H,16H2,1-2H3,(H,26,27)/b25-18-. The van der Waals surface area contributed by atoms with E-state index < -0.39 is 0 Å². The average Bonchev–Trinajstić information content (AvgIpc) is 2.72. The van der Waals surface area contributed by atoms with Gasteiger partial charge in [0.25, 0.3) is 5.91 Å². The number of hydrogen-bond acceptors (Lipinski definition) is 3. The Balaban J connectivity index is 1.57. The summed E-state index contributed by atoms with van der Waals surface area (Å²) in [6.07, 6.45) is 0. The Morgan fingerprint density at radius 3 is 2.15 bits per heavy atom. The van der Waals surface area contributed by atoms with Gasteiger partial charge >= 0.3 is 0 Å². The lowest BCUT2D eigenvalue weighted by Gasteiger charge is -2.07. The Morgan fingerprint density at radius 2 is 1.48 bits per heavy atom. The summed E-state index contributed by atoms with van der Waals surface area (Å²) >= 11 is 0. The number of para-hydroxylation sites is 1. The van der Waals surface area contributed by atoms with E-state index in [1.807, 2.05) is 92.7 Å². The SMILES string of the molecule is C/C(=N/NC(=O)c1ccc(CNc2ccccc2)cc1)c1ccc(C)cc1. The van der Waals surface area contributed by atoms with E-state index >= 15 is 0 Å². The summed E-state index contributed by atoms with van der Waals surface area (Å²) in [6, 6.07) is 25.6. The molecule has 4 heteroatoms. The molecule has 0 aromatic heterocycles. The topological polar surface area (TPSA) is 53.5 Å². The second kappa shape index (κ2) is 8.81. The van der Waals surface area contributed by atoms with E-state index in [1.165, 1.54) is 5.56 Å². The largest absolute Gasteiger partial charge is 0.381 e. The normalized spacial score (nSPS) is 11.1. The lowest BCUT2D eigenvalue weighted by atomic mass is 10.1. The van der Waals surface area contributed by atoms with Crippen LogP contribution in [-0.2, 0) is 6.54 Å². The maximum Gasteiger partial charge on any atom is 0.271 e. The van der Waals surface area contributed by atoms with Gasteiger partial charge in [0.1, 0.15) is 0 Å². The van der Waals surface area contributed by atoms with Crippen molar-refractivity contribution in [3.63, 3.8) is 0 Å². The van der Waals surface area contributed by atoms with Crippen LogP contribution >= 0.6 is 0 Å². The minimum Gasteiger partial charge on any atom is -0.381 e. The highest BCUT2D eigenvalue weighted by Gasteiger charge is 2.05. The Kier molecular flexibility index (Phi) is 6.00. The van der Waals surface area contributed by atoms with Crippen molar-refractivity contribution in [1.82, 2.24) is 5.43 Å². The first-order chi connectivity index (χ1) is 13.1. The van der Waals surface area contributed by atoms with Crippen LogP contribution in [0.2, 0.25) is 0 Å². The van der Waals surface area contributed by atoms with Crippen LogP contribution in [0.1, 0.15) is 34.0 Å². The first kappa shape index (κ1) is 18.4. The predicted molar refractivity (Wildman–Crippen MR) is 111 cm³/mol. The Morgan fingerprint density at radius 1 is 0.852 bits per heavy atom. The van der Waals surface area contributed by atoms with Crippen LogP contribution in [0.3, 0.4) is 0 Å². The summed E-state index contributed by atoms with van der Waals surface area (Å²) in [5, 5.41) is 7.55. The zero-order valence-corrected chi connectivity index (χ0v) is 15.6. The lowest BCUT2D eigenvalue weighted by Crippen LogP contribution is -2.19. The molecule has 0 aliphatic rings. The second-order valence-corrected chi connectivity index (χ2v) is 6.42. The number of carbonyl (C=O) groups is 1. The van der Waals surface area contributed by atoms with Gasteiger partial charge in [-0.1, -0.05) is 60.2 Å². The third kappa shape index (κ3) is 5.28. The molecule has 0 spiro atoms. The summed E-state index contributed by atoms with van der Waals surface area (Å²) in [7, 11) is 0. The van der Waals surface area contributed by atoms with Gasteiger partial charge in [0.05, 0.1) is 5.71 Å². The van der Waals surface area contributed by atoms with Crippen molar-refractivity contribution in [1.29, 1.82) is 0 Å². The molecule has 2 N–H and O–H groups in total. The lowest BCUT2D eigenvalue weighted by molar-refractivity contribution is 0.0955. The molecule has 1 amide bonds. The summed E-state index contributed by atoms with van der Waals surface area (Å²) in [5.74, 6) is -0.218. The Hall–Kier alpha value is -3.40. The number of amides is 1. The number of hydrogen-bond donors (Lipinski definition) is 2. The van der Waals surface area contributed by atoms with E-state index in [0.29, 0.717) is 12.1 Å².